The van der Waals surface area contributed by atoms with Gasteiger partial charge in [-0.3, -0.25) is 10.4 Å². The van der Waals surface area contributed by atoms with Crippen molar-refractivity contribution in [2.75, 3.05) is 12.5 Å². The van der Waals surface area contributed by atoms with Crippen molar-refractivity contribution < 1.29 is 17.9 Å². The van der Waals surface area contributed by atoms with Crippen LogP contribution in [-0.2, 0) is 16.6 Å². The minimum absolute atomic E-state index is 0.0868. The van der Waals surface area contributed by atoms with Gasteiger partial charge in [-0.2, -0.15) is 5.10 Å². The second-order valence-corrected chi connectivity index (χ2v) is 10.5. The third kappa shape index (κ3) is 4.41. The molecule has 0 atom stereocenters. The van der Waals surface area contributed by atoms with E-state index < -0.39 is 10.0 Å². The van der Waals surface area contributed by atoms with Crippen LogP contribution in [0.2, 0.25) is 0 Å². The Morgan fingerprint density at radius 3 is 2.59 bits per heavy atom. The Morgan fingerprint density at radius 1 is 1.12 bits per heavy atom. The Kier molecular flexibility index (Phi) is 5.84. The molecule has 0 unspecified atom stereocenters. The van der Waals surface area contributed by atoms with E-state index >= 15 is 0 Å². The van der Waals surface area contributed by atoms with E-state index in [-0.39, 0.29) is 11.7 Å². The number of aryl methyl sites for hydroxylation is 1. The van der Waals surface area contributed by atoms with E-state index in [2.05, 4.69) is 26.2 Å². The second kappa shape index (κ2) is 8.82. The fraction of sp³-hybridized carbons (Fsp3) is 0.217. The van der Waals surface area contributed by atoms with Crippen LogP contribution in [0.3, 0.4) is 0 Å². The van der Waals surface area contributed by atoms with E-state index in [1.165, 1.54) is 12.1 Å². The Balaban J connectivity index is 1.32. The summed E-state index contributed by atoms with van der Waals surface area (Å²) in [5.41, 5.74) is 8.95. The van der Waals surface area contributed by atoms with Gasteiger partial charge in [-0.05, 0) is 61.9 Å². The van der Waals surface area contributed by atoms with Crippen LogP contribution in [0.4, 0.5) is 0 Å². The van der Waals surface area contributed by atoms with Gasteiger partial charge in [0, 0.05) is 28.4 Å². The summed E-state index contributed by atoms with van der Waals surface area (Å²) in [6, 6.07) is 14.4. The molecular weight excluding hydrogens is 474 g/mol. The maximum Gasteiger partial charge on any atom is 0.238 e. The summed E-state index contributed by atoms with van der Waals surface area (Å²) in [4.78, 5) is 4.72. The molecule has 3 heterocycles. The number of hydrazone groups is 1. The van der Waals surface area contributed by atoms with Crippen molar-refractivity contribution in [1.82, 2.24) is 9.99 Å². The average Bonchev–Trinajstić information content (AvgIpc) is 3.41. The number of primary sulfonamides is 1. The number of nitrogens with zero attached hydrogens (tertiary/aromatic N) is 3. The fourth-order valence-electron chi connectivity index (χ4n) is 3.98. The third-order valence-electron chi connectivity index (χ3n) is 5.64. The van der Waals surface area contributed by atoms with Crippen LogP contribution in [0.25, 0.3) is 5.69 Å². The Hall–Kier alpha value is -3.28. The number of hydrogen-bond acceptors (Lipinski definition) is 7. The number of benzene rings is 2. The summed E-state index contributed by atoms with van der Waals surface area (Å²) in [5.74, 6) is 2.19. The fourth-order valence-corrected chi connectivity index (χ4v) is 5.25. The van der Waals surface area contributed by atoms with Gasteiger partial charge in [0.25, 0.3) is 0 Å². The number of fused-ring (bicyclic) bond motifs is 1. The number of sulfonamides is 1. The van der Waals surface area contributed by atoms with E-state index in [4.69, 9.17) is 14.6 Å². The number of aliphatic imine (C=N–C) groups is 1. The predicted molar refractivity (Wildman–Crippen MR) is 132 cm³/mol. The number of thioether (sulfide) groups is 1. The lowest BCUT2D eigenvalue weighted by atomic mass is 10.1. The van der Waals surface area contributed by atoms with Crippen molar-refractivity contribution >= 4 is 32.7 Å². The van der Waals surface area contributed by atoms with Crippen LogP contribution >= 0.6 is 11.8 Å². The molecule has 2 aliphatic rings. The van der Waals surface area contributed by atoms with Crippen LogP contribution < -0.4 is 20.0 Å². The molecule has 0 fully saturated rings. The highest BCUT2D eigenvalue weighted by molar-refractivity contribution is 8.14. The first kappa shape index (κ1) is 22.5. The predicted octanol–water partition coefficient (Wildman–Crippen LogP) is 3.07. The molecule has 11 heteroatoms. The van der Waals surface area contributed by atoms with Crippen molar-refractivity contribution in [2.45, 2.75) is 25.3 Å². The molecule has 0 amide bonds. The molecule has 3 N–H and O–H groups in total. The topological polar surface area (TPSA) is 120 Å². The molecule has 0 saturated carbocycles. The molecule has 3 aromatic rings. The average molecular weight is 498 g/mol. The molecule has 34 heavy (non-hydrogen) atoms. The van der Waals surface area contributed by atoms with E-state index in [1.54, 1.807) is 23.9 Å². The van der Waals surface area contributed by atoms with Gasteiger partial charge in [0.15, 0.2) is 16.7 Å². The monoisotopic (exact) mass is 497 g/mol. The van der Waals surface area contributed by atoms with Crippen LogP contribution in [0.15, 0.2) is 63.5 Å². The molecule has 176 valence electrons. The van der Waals surface area contributed by atoms with Crippen LogP contribution in [0.1, 0.15) is 22.5 Å². The Bertz CT molecular complexity index is 1430. The lowest BCUT2D eigenvalue weighted by Crippen LogP contribution is -2.25. The summed E-state index contributed by atoms with van der Waals surface area (Å²) in [6.07, 6.45) is 0. The summed E-state index contributed by atoms with van der Waals surface area (Å²) in [6.45, 7) is 4.79. The maximum atomic E-state index is 11.5. The Labute approximate surface area is 201 Å². The molecule has 1 aromatic heterocycles. The summed E-state index contributed by atoms with van der Waals surface area (Å²) < 4.78 is 35.9. The summed E-state index contributed by atoms with van der Waals surface area (Å²) in [5, 5.41) is 10.5. The van der Waals surface area contributed by atoms with Gasteiger partial charge in [0.1, 0.15) is 0 Å². The zero-order chi connectivity index (χ0) is 23.9. The van der Waals surface area contributed by atoms with Gasteiger partial charge < -0.3 is 14.0 Å². The maximum absolute atomic E-state index is 11.5. The standard InChI is InChI=1S/C23H23N5O4S2/c1-14-9-19(15(2)28(14)17-4-6-18(7-5-17)34(24,29)30)20-12-33-23(27-26-20)25-11-16-3-8-21-22(10-16)32-13-31-21/h3-10H,11-13H2,1-2H3,(H,25,27)(H2,24,29,30). The highest BCUT2D eigenvalue weighted by Gasteiger charge is 2.20. The first-order chi connectivity index (χ1) is 16.3. The van der Waals surface area contributed by atoms with Gasteiger partial charge in [0.05, 0.1) is 17.2 Å². The van der Waals surface area contributed by atoms with E-state index in [9.17, 15) is 8.42 Å². The first-order valence-electron chi connectivity index (χ1n) is 10.5. The van der Waals surface area contributed by atoms with Crippen molar-refractivity contribution in [1.29, 1.82) is 0 Å². The molecule has 9 nitrogen and oxygen atoms in total. The van der Waals surface area contributed by atoms with E-state index in [0.717, 1.165) is 50.6 Å². The lowest BCUT2D eigenvalue weighted by molar-refractivity contribution is 0.174. The molecule has 0 radical (unpaired) electrons. The number of ether oxygens (including phenoxy) is 2. The molecule has 0 saturated heterocycles. The smallest absolute Gasteiger partial charge is 0.238 e. The SMILES string of the molecule is Cc1cc(C2=NNC(=NCc3ccc4c(c3)OCO4)SC2)c(C)n1-c1ccc(S(N)(=O)=O)cc1. The Morgan fingerprint density at radius 2 is 1.88 bits per heavy atom. The molecular formula is C23H23N5O4S2. The van der Waals surface area contributed by atoms with Gasteiger partial charge in [-0.25, -0.2) is 13.6 Å². The number of nitrogens with two attached hydrogens (primary N) is 1. The molecule has 0 bridgehead atoms. The quantitative estimate of drug-likeness (QED) is 0.559. The van der Waals surface area contributed by atoms with Crippen molar-refractivity contribution in [3.05, 3.63) is 71.0 Å². The number of hydrogen-bond donors (Lipinski definition) is 2. The van der Waals surface area contributed by atoms with Crippen LogP contribution in [0, 0.1) is 13.8 Å². The van der Waals surface area contributed by atoms with Crippen molar-refractivity contribution in [2.24, 2.45) is 15.2 Å². The second-order valence-electron chi connectivity index (χ2n) is 7.93. The van der Waals surface area contributed by atoms with E-state index in [1.807, 2.05) is 32.0 Å². The first-order valence-corrected chi connectivity index (χ1v) is 13.0. The lowest BCUT2D eigenvalue weighted by Gasteiger charge is -2.15. The van der Waals surface area contributed by atoms with Crippen molar-refractivity contribution in [3.8, 4) is 17.2 Å². The molecule has 5 rings (SSSR count). The molecule has 2 aliphatic heterocycles. The third-order valence-corrected chi connectivity index (χ3v) is 7.48. The van der Waals surface area contributed by atoms with Gasteiger partial charge in [-0.15, -0.1) is 0 Å². The number of amidine groups is 1. The zero-order valence-corrected chi connectivity index (χ0v) is 20.2. The minimum atomic E-state index is -3.73. The molecule has 2 aromatic carbocycles. The van der Waals surface area contributed by atoms with E-state index in [0.29, 0.717) is 12.3 Å². The minimum Gasteiger partial charge on any atom is -0.454 e. The normalized spacial score (nSPS) is 16.4. The highest BCUT2D eigenvalue weighted by Crippen LogP contribution is 2.32. The van der Waals surface area contributed by atoms with Gasteiger partial charge in [-0.1, -0.05) is 17.8 Å². The van der Waals surface area contributed by atoms with Crippen LogP contribution in [0.5, 0.6) is 11.5 Å². The largest absolute Gasteiger partial charge is 0.454 e. The number of aromatic nitrogens is 1. The van der Waals surface area contributed by atoms with Gasteiger partial charge >= 0.3 is 0 Å². The van der Waals surface area contributed by atoms with Gasteiger partial charge in [0.2, 0.25) is 16.8 Å². The number of rotatable bonds is 5. The van der Waals surface area contributed by atoms with Crippen molar-refractivity contribution in [3.63, 3.8) is 0 Å². The molecule has 0 spiro atoms. The van der Waals surface area contributed by atoms with Crippen LogP contribution in [-0.4, -0.2) is 36.4 Å². The zero-order valence-electron chi connectivity index (χ0n) is 18.6. The summed E-state index contributed by atoms with van der Waals surface area (Å²) >= 11 is 1.60. The summed E-state index contributed by atoms with van der Waals surface area (Å²) in [7, 11) is -3.73. The number of nitrogens with one attached hydrogen (secondary N) is 1. The molecule has 0 aliphatic carbocycles. The highest BCUT2D eigenvalue weighted by atomic mass is 32.2.